The topological polar surface area (TPSA) is 165 Å². The molecule has 2 aromatic carbocycles. The molecule has 2 N–H and O–H groups in total. The van der Waals surface area contributed by atoms with Gasteiger partial charge in [0.25, 0.3) is 11.4 Å². The van der Waals surface area contributed by atoms with Crippen molar-refractivity contribution in [1.82, 2.24) is 0 Å². The maximum atomic E-state index is 11.2. The molecule has 0 radical (unpaired) electrons. The quantitative estimate of drug-likeness (QED) is 0.395. The Morgan fingerprint density at radius 3 is 1.96 bits per heavy atom. The molecule has 0 saturated heterocycles. The third-order valence-corrected chi connectivity index (χ3v) is 3.77. The number of hydrogen-bond donors (Lipinski definition) is 1. The van der Waals surface area contributed by atoms with E-state index < -0.39 is 37.6 Å². The maximum Gasteiger partial charge on any atom is 0.325 e. The Balaban J connectivity index is 2.14. The van der Waals surface area contributed by atoms with Gasteiger partial charge in [-0.05, 0) is 18.4 Å². The highest BCUT2D eigenvalue weighted by atomic mass is 16.6. The molecule has 0 spiro atoms. The Bertz CT molecular complexity index is 822. The van der Waals surface area contributed by atoms with Crippen molar-refractivity contribution >= 4 is 17.1 Å². The van der Waals surface area contributed by atoms with Crippen LogP contribution in [0.4, 0.5) is 17.1 Å². The zero-order valence-electron chi connectivity index (χ0n) is 14.0. The summed E-state index contributed by atoms with van der Waals surface area (Å²) < 4.78 is 5.25. The summed E-state index contributed by atoms with van der Waals surface area (Å²) in [6.45, 7) is -0.0694. The second kappa shape index (κ2) is 8.67. The molecule has 0 bridgehead atoms. The van der Waals surface area contributed by atoms with Gasteiger partial charge in [-0.3, -0.25) is 30.3 Å². The molecule has 11 nitrogen and oxygen atoms in total. The summed E-state index contributed by atoms with van der Waals surface area (Å²) in [7, 11) is 0. The van der Waals surface area contributed by atoms with Gasteiger partial charge in [-0.25, -0.2) is 0 Å². The van der Waals surface area contributed by atoms with Crippen LogP contribution in [0.3, 0.4) is 0 Å². The molecule has 0 heterocycles. The number of nitro groups is 3. The molecule has 27 heavy (non-hydrogen) atoms. The minimum Gasteiger partial charge on any atom is -0.482 e. The SMILES string of the molecule is NC(CCCOc1c([N+](=O)[O-])cc([N+](=O)[O-])cc1[N+](=O)[O-])c1ccccc1. The van der Waals surface area contributed by atoms with Gasteiger partial charge in [0.15, 0.2) is 0 Å². The Morgan fingerprint density at radius 2 is 1.48 bits per heavy atom. The molecule has 1 unspecified atom stereocenters. The fourth-order valence-corrected chi connectivity index (χ4v) is 2.45. The molecule has 0 aliphatic carbocycles. The van der Waals surface area contributed by atoms with Gasteiger partial charge >= 0.3 is 11.4 Å². The smallest absolute Gasteiger partial charge is 0.325 e. The third kappa shape index (κ3) is 4.95. The van der Waals surface area contributed by atoms with Crippen LogP contribution in [0.2, 0.25) is 0 Å². The number of rotatable bonds is 9. The average Bonchev–Trinajstić information content (AvgIpc) is 2.64. The van der Waals surface area contributed by atoms with E-state index >= 15 is 0 Å². The van der Waals surface area contributed by atoms with Gasteiger partial charge in [0.2, 0.25) is 0 Å². The Hall–Kier alpha value is -3.60. The Labute approximate surface area is 152 Å². The van der Waals surface area contributed by atoms with Gasteiger partial charge in [-0.2, -0.15) is 0 Å². The summed E-state index contributed by atoms with van der Waals surface area (Å²) in [4.78, 5) is 30.3. The average molecular weight is 376 g/mol. The number of benzene rings is 2. The predicted molar refractivity (Wildman–Crippen MR) is 94.5 cm³/mol. The molecular formula is C16H16N4O7. The van der Waals surface area contributed by atoms with Crippen LogP contribution in [0.25, 0.3) is 0 Å². The molecule has 0 saturated carbocycles. The first kappa shape index (κ1) is 19.7. The van der Waals surface area contributed by atoms with Crippen LogP contribution in [0.5, 0.6) is 5.75 Å². The number of nitro benzene ring substituents is 3. The van der Waals surface area contributed by atoms with Crippen LogP contribution in [0.15, 0.2) is 42.5 Å². The minimum atomic E-state index is -0.953. The monoisotopic (exact) mass is 376 g/mol. The molecule has 1 atom stereocenters. The number of hydrogen-bond acceptors (Lipinski definition) is 8. The normalized spacial score (nSPS) is 11.6. The van der Waals surface area contributed by atoms with Gasteiger partial charge < -0.3 is 10.5 Å². The molecular weight excluding hydrogens is 360 g/mol. The van der Waals surface area contributed by atoms with E-state index in [0.29, 0.717) is 25.0 Å². The second-order valence-electron chi connectivity index (χ2n) is 5.59. The van der Waals surface area contributed by atoms with E-state index in [2.05, 4.69) is 0 Å². The van der Waals surface area contributed by atoms with Crippen molar-refractivity contribution in [2.75, 3.05) is 6.61 Å². The lowest BCUT2D eigenvalue weighted by atomic mass is 10.0. The van der Waals surface area contributed by atoms with Crippen LogP contribution in [0, 0.1) is 30.3 Å². The molecule has 11 heteroatoms. The zero-order chi connectivity index (χ0) is 20.0. The lowest BCUT2D eigenvalue weighted by Gasteiger charge is -2.12. The van der Waals surface area contributed by atoms with E-state index in [-0.39, 0.29) is 12.6 Å². The first-order valence-electron chi connectivity index (χ1n) is 7.85. The fourth-order valence-electron chi connectivity index (χ4n) is 2.45. The van der Waals surface area contributed by atoms with Crippen LogP contribution in [-0.2, 0) is 0 Å². The zero-order valence-corrected chi connectivity index (χ0v) is 14.0. The second-order valence-corrected chi connectivity index (χ2v) is 5.59. The Kier molecular flexibility index (Phi) is 6.33. The fraction of sp³-hybridized carbons (Fsp3) is 0.250. The molecule has 2 rings (SSSR count). The third-order valence-electron chi connectivity index (χ3n) is 3.77. The molecule has 0 aliphatic rings. The first-order valence-corrected chi connectivity index (χ1v) is 7.85. The van der Waals surface area contributed by atoms with Crippen LogP contribution in [0.1, 0.15) is 24.4 Å². The van der Waals surface area contributed by atoms with Crippen molar-refractivity contribution in [2.24, 2.45) is 5.73 Å². The number of nitrogens with zero attached hydrogens (tertiary/aromatic N) is 3. The standard InChI is InChI=1S/C16H16N4O7/c17-13(11-5-2-1-3-6-11)7-4-8-27-16-14(19(23)24)9-12(18(21)22)10-15(16)20(25)26/h1-3,5-6,9-10,13H,4,7-8,17H2. The van der Waals surface area contributed by atoms with E-state index in [1.807, 2.05) is 30.3 Å². The molecule has 0 fully saturated rings. The van der Waals surface area contributed by atoms with Crippen molar-refractivity contribution in [3.05, 3.63) is 78.4 Å². The van der Waals surface area contributed by atoms with E-state index in [1.54, 1.807) is 0 Å². The Morgan fingerprint density at radius 1 is 0.926 bits per heavy atom. The van der Waals surface area contributed by atoms with Crippen LogP contribution >= 0.6 is 0 Å². The summed E-state index contributed by atoms with van der Waals surface area (Å²) in [6.07, 6.45) is 0.861. The van der Waals surface area contributed by atoms with Gasteiger partial charge in [-0.15, -0.1) is 0 Å². The van der Waals surface area contributed by atoms with Crippen molar-refractivity contribution in [3.8, 4) is 5.75 Å². The molecule has 0 amide bonds. The molecule has 0 aliphatic heterocycles. The summed E-state index contributed by atoms with van der Waals surface area (Å²) in [6, 6.07) is 10.2. The summed E-state index contributed by atoms with van der Waals surface area (Å²) in [5.41, 5.74) is 4.53. The summed E-state index contributed by atoms with van der Waals surface area (Å²) in [5, 5.41) is 33.2. The van der Waals surface area contributed by atoms with E-state index in [4.69, 9.17) is 10.5 Å². The summed E-state index contributed by atoms with van der Waals surface area (Å²) in [5.74, 6) is -0.608. The molecule has 2 aromatic rings. The van der Waals surface area contributed by atoms with Crippen molar-refractivity contribution < 1.29 is 19.5 Å². The van der Waals surface area contributed by atoms with E-state index in [9.17, 15) is 30.3 Å². The van der Waals surface area contributed by atoms with Crippen LogP contribution < -0.4 is 10.5 Å². The minimum absolute atomic E-state index is 0.0694. The molecule has 0 aromatic heterocycles. The highest BCUT2D eigenvalue weighted by Gasteiger charge is 2.32. The van der Waals surface area contributed by atoms with E-state index in [0.717, 1.165) is 5.56 Å². The van der Waals surface area contributed by atoms with Crippen molar-refractivity contribution in [1.29, 1.82) is 0 Å². The van der Waals surface area contributed by atoms with Crippen LogP contribution in [-0.4, -0.2) is 21.4 Å². The maximum absolute atomic E-state index is 11.2. The van der Waals surface area contributed by atoms with Gasteiger partial charge in [0.1, 0.15) is 0 Å². The van der Waals surface area contributed by atoms with Gasteiger partial charge in [-0.1, -0.05) is 30.3 Å². The summed E-state index contributed by atoms with van der Waals surface area (Å²) >= 11 is 0. The predicted octanol–water partition coefficient (Wildman–Crippen LogP) is 3.27. The number of ether oxygens (including phenoxy) is 1. The molecule has 142 valence electrons. The lowest BCUT2D eigenvalue weighted by Crippen LogP contribution is -2.12. The van der Waals surface area contributed by atoms with Gasteiger partial charge in [0, 0.05) is 6.04 Å². The largest absolute Gasteiger partial charge is 0.482 e. The highest BCUT2D eigenvalue weighted by Crippen LogP contribution is 2.40. The highest BCUT2D eigenvalue weighted by molar-refractivity contribution is 5.65. The lowest BCUT2D eigenvalue weighted by molar-refractivity contribution is -0.404. The van der Waals surface area contributed by atoms with Crippen molar-refractivity contribution in [2.45, 2.75) is 18.9 Å². The number of non-ortho nitro benzene ring substituents is 1. The van der Waals surface area contributed by atoms with Gasteiger partial charge in [0.05, 0.1) is 33.5 Å². The van der Waals surface area contributed by atoms with E-state index in [1.165, 1.54) is 0 Å². The first-order chi connectivity index (χ1) is 12.8. The number of nitrogens with two attached hydrogens (primary N) is 1. The van der Waals surface area contributed by atoms with Crippen molar-refractivity contribution in [3.63, 3.8) is 0 Å².